The number of pyridine rings is 1. The molecule has 0 aliphatic carbocycles. The van der Waals surface area contributed by atoms with Crippen molar-refractivity contribution in [2.75, 3.05) is 38.1 Å². The Bertz CT molecular complexity index is 850. The Balaban J connectivity index is 1.43. The van der Waals surface area contributed by atoms with Gasteiger partial charge in [-0.25, -0.2) is 0 Å². The standard InChI is InChI=1S/C22H30N4O/c1-15-6-9-23-22-16(2)4-5-19(21(15)22)26-11-8-18(14-26)24-20(27)12-17-7-10-25(3)13-17/h4-6,9,17-18H,7-8,10-14H2,1-3H3,(H,24,27)/t17-,18-/m0/s1. The Morgan fingerprint density at radius 1 is 1.15 bits per heavy atom. The predicted octanol–water partition coefficient (Wildman–Crippen LogP) is 2.89. The first-order chi connectivity index (χ1) is 13.0. The van der Waals surface area contributed by atoms with Crippen molar-refractivity contribution in [3.8, 4) is 0 Å². The molecule has 2 aliphatic rings. The number of fused-ring (bicyclic) bond motifs is 1. The first kappa shape index (κ1) is 18.2. The summed E-state index contributed by atoms with van der Waals surface area (Å²) in [5.74, 6) is 0.732. The fourth-order valence-corrected chi connectivity index (χ4v) is 4.65. The molecule has 3 heterocycles. The third kappa shape index (κ3) is 3.79. The minimum absolute atomic E-state index is 0.216. The van der Waals surface area contributed by atoms with Crippen LogP contribution in [-0.4, -0.2) is 55.1 Å². The molecule has 1 amide bonds. The Kier molecular flexibility index (Phi) is 5.04. The summed E-state index contributed by atoms with van der Waals surface area (Å²) in [7, 11) is 2.13. The lowest BCUT2D eigenvalue weighted by molar-refractivity contribution is -0.122. The first-order valence-corrected chi connectivity index (χ1v) is 10.1. The van der Waals surface area contributed by atoms with E-state index in [-0.39, 0.29) is 11.9 Å². The van der Waals surface area contributed by atoms with Gasteiger partial charge in [-0.3, -0.25) is 9.78 Å². The number of anilines is 1. The summed E-state index contributed by atoms with van der Waals surface area (Å²) in [4.78, 5) is 21.8. The van der Waals surface area contributed by atoms with Crippen LogP contribution in [0.5, 0.6) is 0 Å². The highest BCUT2D eigenvalue weighted by atomic mass is 16.1. The van der Waals surface area contributed by atoms with E-state index < -0.39 is 0 Å². The molecule has 5 nitrogen and oxygen atoms in total. The zero-order valence-corrected chi connectivity index (χ0v) is 16.7. The molecule has 0 unspecified atom stereocenters. The van der Waals surface area contributed by atoms with E-state index in [2.05, 4.69) is 59.2 Å². The lowest BCUT2D eigenvalue weighted by Gasteiger charge is -2.22. The Morgan fingerprint density at radius 3 is 2.78 bits per heavy atom. The maximum atomic E-state index is 12.5. The molecular weight excluding hydrogens is 336 g/mol. The minimum Gasteiger partial charge on any atom is -0.369 e. The van der Waals surface area contributed by atoms with Crippen LogP contribution < -0.4 is 10.2 Å². The van der Waals surface area contributed by atoms with Crippen LogP contribution in [0.4, 0.5) is 5.69 Å². The average molecular weight is 367 g/mol. The summed E-state index contributed by atoms with van der Waals surface area (Å²) in [6.07, 6.45) is 4.70. The van der Waals surface area contributed by atoms with E-state index in [1.54, 1.807) is 0 Å². The van der Waals surface area contributed by atoms with E-state index in [1.807, 2.05) is 6.20 Å². The van der Waals surface area contributed by atoms with Gasteiger partial charge in [-0.05, 0) is 69.5 Å². The third-order valence-electron chi connectivity index (χ3n) is 6.14. The molecule has 2 aromatic rings. The van der Waals surface area contributed by atoms with E-state index >= 15 is 0 Å². The number of aryl methyl sites for hydroxylation is 2. The molecule has 1 aromatic heterocycles. The smallest absolute Gasteiger partial charge is 0.220 e. The number of rotatable bonds is 4. The van der Waals surface area contributed by atoms with Crippen LogP contribution in [0.25, 0.3) is 10.9 Å². The van der Waals surface area contributed by atoms with Crippen LogP contribution in [0.2, 0.25) is 0 Å². The quantitative estimate of drug-likeness (QED) is 0.904. The van der Waals surface area contributed by atoms with E-state index in [4.69, 9.17) is 0 Å². The molecule has 0 saturated carbocycles. The minimum atomic E-state index is 0.216. The summed E-state index contributed by atoms with van der Waals surface area (Å²) >= 11 is 0. The molecule has 1 N–H and O–H groups in total. The van der Waals surface area contributed by atoms with Crippen LogP contribution >= 0.6 is 0 Å². The fourth-order valence-electron chi connectivity index (χ4n) is 4.65. The molecule has 2 saturated heterocycles. The van der Waals surface area contributed by atoms with Crippen molar-refractivity contribution in [2.45, 2.75) is 39.2 Å². The van der Waals surface area contributed by atoms with Gasteiger partial charge in [0.05, 0.1) is 5.52 Å². The largest absolute Gasteiger partial charge is 0.369 e. The van der Waals surface area contributed by atoms with Gasteiger partial charge < -0.3 is 15.1 Å². The van der Waals surface area contributed by atoms with Gasteiger partial charge in [-0.15, -0.1) is 0 Å². The number of aromatic nitrogens is 1. The van der Waals surface area contributed by atoms with Crippen molar-refractivity contribution in [1.82, 2.24) is 15.2 Å². The van der Waals surface area contributed by atoms with Gasteiger partial charge in [0, 0.05) is 49.4 Å². The van der Waals surface area contributed by atoms with Crippen molar-refractivity contribution in [3.63, 3.8) is 0 Å². The normalized spacial score (nSPS) is 23.3. The molecule has 2 atom stereocenters. The van der Waals surface area contributed by atoms with E-state index in [1.165, 1.54) is 22.2 Å². The number of carbonyl (C=O) groups excluding carboxylic acids is 1. The number of nitrogens with one attached hydrogen (secondary N) is 1. The van der Waals surface area contributed by atoms with Gasteiger partial charge in [0.1, 0.15) is 0 Å². The van der Waals surface area contributed by atoms with Crippen molar-refractivity contribution in [3.05, 3.63) is 35.5 Å². The average Bonchev–Trinajstić information content (AvgIpc) is 3.25. The number of nitrogens with zero attached hydrogens (tertiary/aromatic N) is 3. The van der Waals surface area contributed by atoms with Crippen LogP contribution in [0, 0.1) is 19.8 Å². The van der Waals surface area contributed by atoms with Gasteiger partial charge in [-0.2, -0.15) is 0 Å². The summed E-state index contributed by atoms with van der Waals surface area (Å²) in [5, 5.41) is 4.53. The second-order valence-corrected chi connectivity index (χ2v) is 8.37. The summed E-state index contributed by atoms with van der Waals surface area (Å²) < 4.78 is 0. The number of hydrogen-bond donors (Lipinski definition) is 1. The van der Waals surface area contributed by atoms with Crippen molar-refractivity contribution in [2.24, 2.45) is 5.92 Å². The van der Waals surface area contributed by atoms with Gasteiger partial charge >= 0.3 is 0 Å². The molecule has 0 bridgehead atoms. The molecule has 27 heavy (non-hydrogen) atoms. The highest BCUT2D eigenvalue weighted by Crippen LogP contribution is 2.32. The predicted molar refractivity (Wildman–Crippen MR) is 110 cm³/mol. The molecule has 0 radical (unpaired) electrons. The lowest BCUT2D eigenvalue weighted by Crippen LogP contribution is -2.38. The van der Waals surface area contributed by atoms with Crippen molar-refractivity contribution >= 4 is 22.5 Å². The van der Waals surface area contributed by atoms with Crippen LogP contribution in [0.1, 0.15) is 30.4 Å². The number of carbonyl (C=O) groups is 1. The zero-order chi connectivity index (χ0) is 19.0. The fraction of sp³-hybridized carbons (Fsp3) is 0.545. The van der Waals surface area contributed by atoms with Crippen molar-refractivity contribution in [1.29, 1.82) is 0 Å². The number of benzene rings is 1. The monoisotopic (exact) mass is 366 g/mol. The lowest BCUT2D eigenvalue weighted by atomic mass is 10.0. The van der Waals surface area contributed by atoms with Gasteiger partial charge in [0.25, 0.3) is 0 Å². The molecule has 0 spiro atoms. The first-order valence-electron chi connectivity index (χ1n) is 10.1. The maximum Gasteiger partial charge on any atom is 0.220 e. The Morgan fingerprint density at radius 2 is 2.00 bits per heavy atom. The summed E-state index contributed by atoms with van der Waals surface area (Å²) in [5.41, 5.74) is 4.81. The number of amides is 1. The molecule has 2 fully saturated rings. The van der Waals surface area contributed by atoms with Gasteiger partial charge in [-0.1, -0.05) is 6.07 Å². The van der Waals surface area contributed by atoms with Crippen molar-refractivity contribution < 1.29 is 4.79 Å². The SMILES string of the molecule is Cc1ccc(N2CC[C@H](NC(=O)C[C@@H]3CCN(C)C3)C2)c2c(C)ccnc12. The highest BCUT2D eigenvalue weighted by molar-refractivity contribution is 5.96. The van der Waals surface area contributed by atoms with E-state index in [9.17, 15) is 4.79 Å². The highest BCUT2D eigenvalue weighted by Gasteiger charge is 2.28. The summed E-state index contributed by atoms with van der Waals surface area (Å²) in [6, 6.07) is 6.70. The zero-order valence-electron chi connectivity index (χ0n) is 16.7. The van der Waals surface area contributed by atoms with Crippen LogP contribution in [-0.2, 0) is 4.79 Å². The Labute approximate surface area is 161 Å². The molecule has 4 rings (SSSR count). The second-order valence-electron chi connectivity index (χ2n) is 8.37. The van der Waals surface area contributed by atoms with Gasteiger partial charge in [0.15, 0.2) is 0 Å². The van der Waals surface area contributed by atoms with Crippen LogP contribution in [0.15, 0.2) is 24.4 Å². The topological polar surface area (TPSA) is 48.5 Å². The number of likely N-dealkylation sites (tertiary alicyclic amines) is 1. The molecule has 2 aliphatic heterocycles. The summed E-state index contributed by atoms with van der Waals surface area (Å²) in [6.45, 7) is 8.29. The molecular formula is C22H30N4O. The molecule has 144 valence electrons. The Hall–Kier alpha value is -2.14. The molecule has 5 heteroatoms. The third-order valence-corrected chi connectivity index (χ3v) is 6.14. The van der Waals surface area contributed by atoms with Gasteiger partial charge in [0.2, 0.25) is 5.91 Å². The van der Waals surface area contributed by atoms with E-state index in [0.717, 1.165) is 44.5 Å². The number of hydrogen-bond acceptors (Lipinski definition) is 4. The van der Waals surface area contributed by atoms with Crippen LogP contribution in [0.3, 0.4) is 0 Å². The molecule has 1 aromatic carbocycles. The second kappa shape index (κ2) is 7.47. The maximum absolute atomic E-state index is 12.5. The van der Waals surface area contributed by atoms with E-state index in [0.29, 0.717) is 12.3 Å².